The van der Waals surface area contributed by atoms with Crippen LogP contribution in [0.2, 0.25) is 0 Å². The SMILES string of the molecule is Cc1nc2c(c(=O)n1C(c1ccccc1)c1ccccc1)CCN(C(=O)C1CCCO1)C2. The standard InChI is InChI=1S/C26H27N3O3/c1-18-27-22-17-28(26(31)23-13-8-16-32-23)15-14-21(22)25(30)29(18)24(19-9-4-2-5-10-19)20-11-6-3-7-12-20/h2-7,9-12,23-24H,8,13-17H2,1H3. The van der Waals surface area contributed by atoms with E-state index in [0.717, 1.165) is 24.0 Å². The lowest BCUT2D eigenvalue weighted by Crippen LogP contribution is -2.45. The molecule has 0 radical (unpaired) electrons. The molecule has 3 heterocycles. The minimum atomic E-state index is -0.349. The van der Waals surface area contributed by atoms with E-state index >= 15 is 0 Å². The van der Waals surface area contributed by atoms with Crippen LogP contribution in [0.15, 0.2) is 65.5 Å². The van der Waals surface area contributed by atoms with Gasteiger partial charge in [-0.25, -0.2) is 4.98 Å². The molecule has 32 heavy (non-hydrogen) atoms. The fourth-order valence-electron chi connectivity index (χ4n) is 4.85. The quantitative estimate of drug-likeness (QED) is 0.639. The maximum absolute atomic E-state index is 13.8. The van der Waals surface area contributed by atoms with Crippen molar-refractivity contribution in [2.24, 2.45) is 0 Å². The van der Waals surface area contributed by atoms with Gasteiger partial charge in [0.1, 0.15) is 11.9 Å². The minimum Gasteiger partial charge on any atom is -0.368 e. The van der Waals surface area contributed by atoms with E-state index in [2.05, 4.69) is 0 Å². The lowest BCUT2D eigenvalue weighted by Gasteiger charge is -2.31. The molecule has 164 valence electrons. The maximum Gasteiger partial charge on any atom is 0.257 e. The number of rotatable bonds is 4. The van der Waals surface area contributed by atoms with Gasteiger partial charge >= 0.3 is 0 Å². The summed E-state index contributed by atoms with van der Waals surface area (Å²) in [5, 5.41) is 0. The third-order valence-electron chi connectivity index (χ3n) is 6.45. The van der Waals surface area contributed by atoms with Gasteiger partial charge in [0.2, 0.25) is 0 Å². The summed E-state index contributed by atoms with van der Waals surface area (Å²) >= 11 is 0. The Balaban J connectivity index is 1.55. The molecule has 0 saturated carbocycles. The molecule has 0 spiro atoms. The van der Waals surface area contributed by atoms with Gasteiger partial charge in [0.25, 0.3) is 11.5 Å². The first kappa shape index (κ1) is 20.6. The number of aromatic nitrogens is 2. The number of benzene rings is 2. The third-order valence-corrected chi connectivity index (χ3v) is 6.45. The number of ether oxygens (including phenoxy) is 1. The molecular weight excluding hydrogens is 402 g/mol. The zero-order valence-corrected chi connectivity index (χ0v) is 18.2. The summed E-state index contributed by atoms with van der Waals surface area (Å²) < 4.78 is 7.38. The molecule has 2 aliphatic heterocycles. The highest BCUT2D eigenvalue weighted by atomic mass is 16.5. The first-order valence-electron chi connectivity index (χ1n) is 11.2. The highest BCUT2D eigenvalue weighted by Gasteiger charge is 2.33. The fraction of sp³-hybridized carbons (Fsp3) is 0.346. The van der Waals surface area contributed by atoms with Gasteiger partial charge in [-0.1, -0.05) is 60.7 Å². The molecule has 1 atom stereocenters. The first-order chi connectivity index (χ1) is 15.6. The average molecular weight is 430 g/mol. The van der Waals surface area contributed by atoms with Gasteiger partial charge in [0, 0.05) is 18.7 Å². The Morgan fingerprint density at radius 3 is 2.31 bits per heavy atom. The van der Waals surface area contributed by atoms with Crippen LogP contribution in [0.25, 0.3) is 0 Å². The zero-order valence-electron chi connectivity index (χ0n) is 18.2. The molecule has 1 unspecified atom stereocenters. The van der Waals surface area contributed by atoms with Gasteiger partial charge in [-0.3, -0.25) is 14.2 Å². The van der Waals surface area contributed by atoms with Gasteiger partial charge in [-0.2, -0.15) is 0 Å². The molecule has 0 bridgehead atoms. The van der Waals surface area contributed by atoms with Crippen LogP contribution in [-0.2, 0) is 22.5 Å². The molecule has 1 saturated heterocycles. The molecular formula is C26H27N3O3. The van der Waals surface area contributed by atoms with Crippen LogP contribution in [0.1, 0.15) is 47.1 Å². The monoisotopic (exact) mass is 429 g/mol. The second-order valence-corrected chi connectivity index (χ2v) is 8.49. The van der Waals surface area contributed by atoms with Gasteiger partial charge < -0.3 is 9.64 Å². The van der Waals surface area contributed by atoms with E-state index in [0.29, 0.717) is 43.2 Å². The smallest absolute Gasteiger partial charge is 0.257 e. The Bertz CT molecular complexity index is 1130. The predicted molar refractivity (Wildman–Crippen MR) is 121 cm³/mol. The molecule has 5 rings (SSSR count). The molecule has 6 nitrogen and oxygen atoms in total. The molecule has 6 heteroatoms. The number of amides is 1. The van der Waals surface area contributed by atoms with Crippen LogP contribution in [0.5, 0.6) is 0 Å². The van der Waals surface area contributed by atoms with Gasteiger partial charge in [-0.05, 0) is 37.3 Å². The van der Waals surface area contributed by atoms with E-state index in [-0.39, 0.29) is 23.6 Å². The van der Waals surface area contributed by atoms with Crippen molar-refractivity contribution in [2.45, 2.75) is 44.9 Å². The van der Waals surface area contributed by atoms with E-state index < -0.39 is 0 Å². The lowest BCUT2D eigenvalue weighted by molar-refractivity contribution is -0.142. The van der Waals surface area contributed by atoms with Crippen molar-refractivity contribution in [3.05, 3.63) is 99.2 Å². The first-order valence-corrected chi connectivity index (χ1v) is 11.2. The summed E-state index contributed by atoms with van der Waals surface area (Å²) in [6.45, 7) is 3.41. The second-order valence-electron chi connectivity index (χ2n) is 8.49. The minimum absolute atomic E-state index is 0.0169. The van der Waals surface area contributed by atoms with Crippen LogP contribution >= 0.6 is 0 Å². The van der Waals surface area contributed by atoms with E-state index in [4.69, 9.17) is 9.72 Å². The van der Waals surface area contributed by atoms with E-state index in [9.17, 15) is 9.59 Å². The van der Waals surface area contributed by atoms with Crippen molar-refractivity contribution in [1.82, 2.24) is 14.5 Å². The lowest BCUT2D eigenvalue weighted by atomic mass is 9.97. The molecule has 1 fully saturated rings. The summed E-state index contributed by atoms with van der Waals surface area (Å²) in [4.78, 5) is 33.2. The normalized spacial score (nSPS) is 18.1. The maximum atomic E-state index is 13.8. The largest absolute Gasteiger partial charge is 0.368 e. The van der Waals surface area contributed by atoms with Crippen LogP contribution < -0.4 is 5.56 Å². The summed E-state index contributed by atoms with van der Waals surface area (Å²) in [6.07, 6.45) is 1.85. The van der Waals surface area contributed by atoms with Crippen molar-refractivity contribution in [3.63, 3.8) is 0 Å². The summed E-state index contributed by atoms with van der Waals surface area (Å²) in [6, 6.07) is 19.9. The molecule has 1 amide bonds. The van der Waals surface area contributed by atoms with E-state index in [1.807, 2.05) is 67.6 Å². The highest BCUT2D eigenvalue weighted by Crippen LogP contribution is 2.28. The number of nitrogens with zero attached hydrogens (tertiary/aromatic N) is 3. The van der Waals surface area contributed by atoms with Crippen LogP contribution in [0.3, 0.4) is 0 Å². The predicted octanol–water partition coefficient (Wildman–Crippen LogP) is 3.25. The van der Waals surface area contributed by atoms with Crippen molar-refractivity contribution >= 4 is 5.91 Å². The molecule has 2 aliphatic rings. The molecule has 0 N–H and O–H groups in total. The average Bonchev–Trinajstić information content (AvgIpc) is 3.37. The van der Waals surface area contributed by atoms with Gasteiger partial charge in [-0.15, -0.1) is 0 Å². The van der Waals surface area contributed by atoms with Crippen molar-refractivity contribution in [1.29, 1.82) is 0 Å². The fourth-order valence-corrected chi connectivity index (χ4v) is 4.85. The van der Waals surface area contributed by atoms with Gasteiger partial charge in [0.15, 0.2) is 0 Å². The number of hydrogen-bond donors (Lipinski definition) is 0. The number of fused-ring (bicyclic) bond motifs is 1. The van der Waals surface area contributed by atoms with E-state index in [1.165, 1.54) is 0 Å². The van der Waals surface area contributed by atoms with Crippen molar-refractivity contribution < 1.29 is 9.53 Å². The Kier molecular flexibility index (Phi) is 5.62. The zero-order chi connectivity index (χ0) is 22.1. The molecule has 3 aromatic rings. The Hall–Kier alpha value is -3.25. The third kappa shape index (κ3) is 3.75. The molecule has 2 aromatic carbocycles. The van der Waals surface area contributed by atoms with Crippen LogP contribution in [0, 0.1) is 6.92 Å². The Morgan fingerprint density at radius 1 is 1.06 bits per heavy atom. The Labute approximate surface area is 187 Å². The number of hydrogen-bond acceptors (Lipinski definition) is 4. The number of carbonyl (C=O) groups excluding carboxylic acids is 1. The van der Waals surface area contributed by atoms with Crippen LogP contribution in [0.4, 0.5) is 0 Å². The Morgan fingerprint density at radius 2 is 1.72 bits per heavy atom. The molecule has 0 aliphatic carbocycles. The van der Waals surface area contributed by atoms with Crippen molar-refractivity contribution in [3.8, 4) is 0 Å². The summed E-state index contributed by atoms with van der Waals surface area (Å²) in [7, 11) is 0. The van der Waals surface area contributed by atoms with E-state index in [1.54, 1.807) is 9.47 Å². The second kappa shape index (κ2) is 8.71. The number of carbonyl (C=O) groups is 1. The van der Waals surface area contributed by atoms with Gasteiger partial charge in [0.05, 0.1) is 18.3 Å². The molecule has 1 aromatic heterocycles. The highest BCUT2D eigenvalue weighted by molar-refractivity contribution is 5.81. The summed E-state index contributed by atoms with van der Waals surface area (Å²) in [5.74, 6) is 0.668. The summed E-state index contributed by atoms with van der Waals surface area (Å²) in [5.41, 5.74) is 3.48. The topological polar surface area (TPSA) is 64.4 Å². The van der Waals surface area contributed by atoms with Crippen molar-refractivity contribution in [2.75, 3.05) is 13.2 Å². The number of aryl methyl sites for hydroxylation is 1. The van der Waals surface area contributed by atoms with Crippen LogP contribution in [-0.4, -0.2) is 39.6 Å².